The lowest BCUT2D eigenvalue weighted by Gasteiger charge is -2.16. The van der Waals surface area contributed by atoms with Crippen LogP contribution in [0.4, 0.5) is 5.69 Å². The Hall–Kier alpha value is -2.32. The van der Waals surface area contributed by atoms with Crippen LogP contribution in [0.3, 0.4) is 0 Å². The Balaban J connectivity index is 1.66. The monoisotopic (exact) mass is 433 g/mol. The van der Waals surface area contributed by atoms with E-state index in [2.05, 4.69) is 5.32 Å². The zero-order valence-corrected chi connectivity index (χ0v) is 17.9. The van der Waals surface area contributed by atoms with E-state index in [9.17, 15) is 18.0 Å². The topological polar surface area (TPSA) is 89.5 Å². The summed E-state index contributed by atoms with van der Waals surface area (Å²) in [6, 6.07) is 14.2. The molecule has 2 atom stereocenters. The molecule has 0 aromatic heterocycles. The Bertz CT molecular complexity index is 1020. The minimum atomic E-state index is -3.00. The highest BCUT2D eigenvalue weighted by molar-refractivity contribution is 8.02. The number of rotatable bonds is 6. The van der Waals surface area contributed by atoms with Gasteiger partial charge in [0.1, 0.15) is 0 Å². The van der Waals surface area contributed by atoms with E-state index in [1.165, 1.54) is 18.7 Å². The van der Waals surface area contributed by atoms with E-state index in [0.717, 1.165) is 5.56 Å². The van der Waals surface area contributed by atoms with Crippen molar-refractivity contribution in [2.45, 2.75) is 36.5 Å². The molecule has 1 aliphatic heterocycles. The zero-order chi connectivity index (χ0) is 21.0. The third-order valence-corrected chi connectivity index (χ3v) is 7.97. The summed E-state index contributed by atoms with van der Waals surface area (Å²) in [4.78, 5) is 25.7. The quantitative estimate of drug-likeness (QED) is 0.702. The SMILES string of the molecule is Cc1ccccc1NC(=O)C(C)OC(=O)c1ccccc1SC1CCS(=O)(=O)C1. The van der Waals surface area contributed by atoms with E-state index >= 15 is 0 Å². The van der Waals surface area contributed by atoms with Crippen molar-refractivity contribution < 1.29 is 22.7 Å². The molecule has 2 aromatic rings. The molecule has 1 N–H and O–H groups in total. The van der Waals surface area contributed by atoms with Gasteiger partial charge >= 0.3 is 5.97 Å². The van der Waals surface area contributed by atoms with Gasteiger partial charge in [0.15, 0.2) is 15.9 Å². The fraction of sp³-hybridized carbons (Fsp3) is 0.333. The lowest BCUT2D eigenvalue weighted by molar-refractivity contribution is -0.123. The third kappa shape index (κ3) is 5.61. The molecule has 1 saturated heterocycles. The summed E-state index contributed by atoms with van der Waals surface area (Å²) < 4.78 is 28.8. The maximum absolute atomic E-state index is 12.7. The van der Waals surface area contributed by atoms with Crippen molar-refractivity contribution in [3.05, 3.63) is 59.7 Å². The summed E-state index contributed by atoms with van der Waals surface area (Å²) in [5, 5.41) is 2.67. The number of thioether (sulfide) groups is 1. The lowest BCUT2D eigenvalue weighted by atomic mass is 10.2. The van der Waals surface area contributed by atoms with Gasteiger partial charge in [-0.25, -0.2) is 13.2 Å². The molecule has 29 heavy (non-hydrogen) atoms. The largest absolute Gasteiger partial charge is 0.449 e. The van der Waals surface area contributed by atoms with Crippen LogP contribution in [0.25, 0.3) is 0 Å². The average molecular weight is 434 g/mol. The van der Waals surface area contributed by atoms with Gasteiger partial charge in [0.05, 0.1) is 17.1 Å². The van der Waals surface area contributed by atoms with Crippen LogP contribution >= 0.6 is 11.8 Å². The number of carbonyl (C=O) groups excluding carboxylic acids is 2. The number of hydrogen-bond acceptors (Lipinski definition) is 6. The Morgan fingerprint density at radius 2 is 1.83 bits per heavy atom. The second kappa shape index (κ2) is 9.00. The Labute approximate surface area is 175 Å². The van der Waals surface area contributed by atoms with Crippen LogP contribution < -0.4 is 5.32 Å². The van der Waals surface area contributed by atoms with Crippen molar-refractivity contribution in [3.8, 4) is 0 Å². The molecule has 2 unspecified atom stereocenters. The first-order valence-corrected chi connectivity index (χ1v) is 12.0. The van der Waals surface area contributed by atoms with Gasteiger partial charge in [-0.05, 0) is 44.0 Å². The minimum absolute atomic E-state index is 0.0873. The van der Waals surface area contributed by atoms with Crippen LogP contribution in [0, 0.1) is 6.92 Å². The molecule has 1 aliphatic rings. The molecule has 0 saturated carbocycles. The smallest absolute Gasteiger partial charge is 0.340 e. The Kier molecular flexibility index (Phi) is 6.64. The second-order valence-corrected chi connectivity index (χ2v) is 10.6. The van der Waals surface area contributed by atoms with Crippen molar-refractivity contribution >= 4 is 39.2 Å². The first-order chi connectivity index (χ1) is 13.7. The first-order valence-electron chi connectivity index (χ1n) is 9.29. The number of hydrogen-bond donors (Lipinski definition) is 1. The summed E-state index contributed by atoms with van der Waals surface area (Å²) in [5.41, 5.74) is 1.91. The molecular weight excluding hydrogens is 410 g/mol. The number of ether oxygens (including phenoxy) is 1. The van der Waals surface area contributed by atoms with Crippen molar-refractivity contribution in [2.24, 2.45) is 0 Å². The molecule has 1 heterocycles. The predicted molar refractivity (Wildman–Crippen MR) is 114 cm³/mol. The third-order valence-electron chi connectivity index (χ3n) is 4.65. The van der Waals surface area contributed by atoms with Crippen LogP contribution in [-0.4, -0.2) is 43.2 Å². The van der Waals surface area contributed by atoms with Crippen LogP contribution in [0.2, 0.25) is 0 Å². The van der Waals surface area contributed by atoms with Crippen molar-refractivity contribution in [1.82, 2.24) is 0 Å². The summed E-state index contributed by atoms with van der Waals surface area (Å²) in [6.45, 7) is 3.40. The Morgan fingerprint density at radius 3 is 2.52 bits per heavy atom. The van der Waals surface area contributed by atoms with Gasteiger partial charge in [-0.3, -0.25) is 4.79 Å². The van der Waals surface area contributed by atoms with E-state index in [-0.39, 0.29) is 16.8 Å². The van der Waals surface area contributed by atoms with Gasteiger partial charge in [0, 0.05) is 15.8 Å². The molecule has 3 rings (SSSR count). The van der Waals surface area contributed by atoms with Gasteiger partial charge in [0.25, 0.3) is 5.91 Å². The molecule has 0 spiro atoms. The Morgan fingerprint density at radius 1 is 1.14 bits per heavy atom. The molecule has 6 nitrogen and oxygen atoms in total. The van der Waals surface area contributed by atoms with Gasteiger partial charge in [-0.1, -0.05) is 30.3 Å². The second-order valence-electron chi connectivity index (χ2n) is 6.99. The molecular formula is C21H23NO5S2. The number of esters is 1. The summed E-state index contributed by atoms with van der Waals surface area (Å²) in [7, 11) is -3.00. The number of aryl methyl sites for hydroxylation is 1. The summed E-state index contributed by atoms with van der Waals surface area (Å²) in [6.07, 6.45) is -0.418. The highest BCUT2D eigenvalue weighted by Gasteiger charge is 2.30. The van der Waals surface area contributed by atoms with E-state index in [1.54, 1.807) is 30.3 Å². The summed E-state index contributed by atoms with van der Waals surface area (Å²) >= 11 is 1.37. The maximum Gasteiger partial charge on any atom is 0.340 e. The fourth-order valence-electron chi connectivity index (χ4n) is 3.00. The van der Waals surface area contributed by atoms with Crippen molar-refractivity contribution in [1.29, 1.82) is 0 Å². The number of anilines is 1. The lowest BCUT2D eigenvalue weighted by Crippen LogP contribution is -2.30. The number of benzene rings is 2. The van der Waals surface area contributed by atoms with E-state index < -0.39 is 27.8 Å². The normalized spacial score (nSPS) is 18.8. The number of sulfone groups is 1. The minimum Gasteiger partial charge on any atom is -0.449 e. The van der Waals surface area contributed by atoms with Gasteiger partial charge in [-0.2, -0.15) is 0 Å². The van der Waals surface area contributed by atoms with Crippen molar-refractivity contribution in [2.75, 3.05) is 16.8 Å². The summed E-state index contributed by atoms with van der Waals surface area (Å²) in [5.74, 6) is -0.745. The van der Waals surface area contributed by atoms with Crippen LogP contribution in [0.15, 0.2) is 53.4 Å². The van der Waals surface area contributed by atoms with Gasteiger partial charge in [0.2, 0.25) is 0 Å². The number of carbonyl (C=O) groups is 2. The molecule has 1 amide bonds. The first kappa shape index (κ1) is 21.4. The predicted octanol–water partition coefficient (Wildman–Crippen LogP) is 3.46. The highest BCUT2D eigenvalue weighted by Crippen LogP contribution is 2.33. The van der Waals surface area contributed by atoms with Gasteiger partial charge < -0.3 is 10.1 Å². The van der Waals surface area contributed by atoms with Crippen LogP contribution in [0.1, 0.15) is 29.3 Å². The molecule has 0 radical (unpaired) electrons. The average Bonchev–Trinajstić information content (AvgIpc) is 3.02. The molecule has 0 bridgehead atoms. The molecule has 2 aromatic carbocycles. The van der Waals surface area contributed by atoms with Crippen LogP contribution in [-0.2, 0) is 19.4 Å². The molecule has 154 valence electrons. The van der Waals surface area contributed by atoms with Gasteiger partial charge in [-0.15, -0.1) is 11.8 Å². The standard InChI is InChI=1S/C21H23NO5S2/c1-14-7-3-5-9-18(14)22-20(23)15(2)27-21(24)17-8-4-6-10-19(17)28-16-11-12-29(25,26)13-16/h3-10,15-16H,11-13H2,1-2H3,(H,22,23). The number of amides is 1. The molecule has 0 aliphatic carbocycles. The molecule has 8 heteroatoms. The van der Waals surface area contributed by atoms with E-state index in [1.807, 2.05) is 25.1 Å². The zero-order valence-electron chi connectivity index (χ0n) is 16.3. The molecule has 1 fully saturated rings. The van der Waals surface area contributed by atoms with Crippen molar-refractivity contribution in [3.63, 3.8) is 0 Å². The van der Waals surface area contributed by atoms with Crippen LogP contribution in [0.5, 0.6) is 0 Å². The maximum atomic E-state index is 12.7. The van der Waals surface area contributed by atoms with E-state index in [0.29, 0.717) is 22.6 Å². The number of para-hydroxylation sites is 1. The van der Waals surface area contributed by atoms with E-state index in [4.69, 9.17) is 4.74 Å². The fourth-order valence-corrected chi connectivity index (χ4v) is 6.61. The number of nitrogens with one attached hydrogen (secondary N) is 1. The highest BCUT2D eigenvalue weighted by atomic mass is 32.2.